The molecular weight excluding hydrogens is 256 g/mol. The summed E-state index contributed by atoms with van der Waals surface area (Å²) in [6, 6.07) is 7.28. The summed E-state index contributed by atoms with van der Waals surface area (Å²) in [5.41, 5.74) is 0.754. The predicted octanol–water partition coefficient (Wildman–Crippen LogP) is 2.27. The highest BCUT2D eigenvalue weighted by Gasteiger charge is 2.11. The summed E-state index contributed by atoms with van der Waals surface area (Å²) in [6.45, 7) is 4.48. The summed E-state index contributed by atoms with van der Waals surface area (Å²) < 4.78 is 7.01. The smallest absolute Gasteiger partial charge is 0.226 e. The molecule has 1 aromatic heterocycles. The van der Waals surface area contributed by atoms with Crippen LogP contribution in [0.5, 0.6) is 5.75 Å². The van der Waals surface area contributed by atoms with E-state index in [1.807, 2.05) is 38.1 Å². The maximum absolute atomic E-state index is 11.9. The van der Waals surface area contributed by atoms with Gasteiger partial charge in [0.1, 0.15) is 18.4 Å². The SMILES string of the molecule is CCOc1ccc(NC(=O)C[C@@H](C)n2cncn2)cc1. The first kappa shape index (κ1) is 14.0. The summed E-state index contributed by atoms with van der Waals surface area (Å²) in [7, 11) is 0. The van der Waals surface area contributed by atoms with E-state index < -0.39 is 0 Å². The van der Waals surface area contributed by atoms with Crippen molar-refractivity contribution in [3.8, 4) is 5.75 Å². The summed E-state index contributed by atoms with van der Waals surface area (Å²) in [4.78, 5) is 15.8. The molecule has 0 spiro atoms. The third-order valence-corrected chi connectivity index (χ3v) is 2.82. The molecule has 1 heterocycles. The van der Waals surface area contributed by atoms with Gasteiger partial charge in [-0.2, -0.15) is 5.10 Å². The van der Waals surface area contributed by atoms with Crippen molar-refractivity contribution in [2.75, 3.05) is 11.9 Å². The summed E-state index contributed by atoms with van der Waals surface area (Å²) in [6.07, 6.45) is 3.41. The third-order valence-electron chi connectivity index (χ3n) is 2.82. The normalized spacial score (nSPS) is 11.9. The van der Waals surface area contributed by atoms with Gasteiger partial charge in [-0.25, -0.2) is 9.67 Å². The van der Waals surface area contributed by atoms with Crippen LogP contribution in [0, 0.1) is 0 Å². The summed E-state index contributed by atoms with van der Waals surface area (Å²) >= 11 is 0. The Kier molecular flexibility index (Phi) is 4.70. The number of benzene rings is 1. The van der Waals surface area contributed by atoms with E-state index in [1.165, 1.54) is 6.33 Å². The fraction of sp³-hybridized carbons (Fsp3) is 0.357. The Morgan fingerprint density at radius 2 is 2.15 bits per heavy atom. The van der Waals surface area contributed by atoms with Crippen LogP contribution >= 0.6 is 0 Å². The molecule has 20 heavy (non-hydrogen) atoms. The molecule has 1 N–H and O–H groups in total. The van der Waals surface area contributed by atoms with Crippen LogP contribution in [-0.2, 0) is 4.79 Å². The van der Waals surface area contributed by atoms with Crippen LogP contribution in [0.3, 0.4) is 0 Å². The largest absolute Gasteiger partial charge is 0.494 e. The van der Waals surface area contributed by atoms with E-state index in [9.17, 15) is 4.79 Å². The number of carbonyl (C=O) groups is 1. The first-order valence-corrected chi connectivity index (χ1v) is 6.56. The van der Waals surface area contributed by atoms with Gasteiger partial charge in [0.25, 0.3) is 0 Å². The predicted molar refractivity (Wildman–Crippen MR) is 75.6 cm³/mol. The number of hydrogen-bond donors (Lipinski definition) is 1. The highest BCUT2D eigenvalue weighted by Crippen LogP contribution is 2.16. The highest BCUT2D eigenvalue weighted by molar-refractivity contribution is 5.90. The number of nitrogens with one attached hydrogen (secondary N) is 1. The number of aromatic nitrogens is 3. The minimum Gasteiger partial charge on any atom is -0.494 e. The first-order chi connectivity index (χ1) is 9.69. The molecule has 106 valence electrons. The zero-order chi connectivity index (χ0) is 14.4. The van der Waals surface area contributed by atoms with Gasteiger partial charge >= 0.3 is 0 Å². The van der Waals surface area contributed by atoms with Crippen molar-refractivity contribution in [2.45, 2.75) is 26.3 Å². The topological polar surface area (TPSA) is 69.0 Å². The van der Waals surface area contributed by atoms with Gasteiger partial charge in [0.15, 0.2) is 0 Å². The van der Waals surface area contributed by atoms with Crippen LogP contribution in [0.1, 0.15) is 26.3 Å². The lowest BCUT2D eigenvalue weighted by atomic mass is 10.2. The highest BCUT2D eigenvalue weighted by atomic mass is 16.5. The molecule has 0 bridgehead atoms. The van der Waals surface area contributed by atoms with E-state index in [4.69, 9.17) is 4.74 Å². The molecule has 1 amide bonds. The van der Waals surface area contributed by atoms with Crippen LogP contribution in [0.25, 0.3) is 0 Å². The molecule has 1 atom stereocenters. The molecule has 0 aliphatic rings. The molecule has 0 radical (unpaired) electrons. The maximum atomic E-state index is 11.9. The fourth-order valence-corrected chi connectivity index (χ4v) is 1.82. The van der Waals surface area contributed by atoms with Crippen molar-refractivity contribution in [1.29, 1.82) is 0 Å². The molecule has 0 aliphatic carbocycles. The van der Waals surface area contributed by atoms with Crippen LogP contribution in [-0.4, -0.2) is 27.3 Å². The summed E-state index contributed by atoms with van der Waals surface area (Å²) in [5, 5.41) is 6.87. The zero-order valence-corrected chi connectivity index (χ0v) is 11.6. The fourth-order valence-electron chi connectivity index (χ4n) is 1.82. The second-order valence-corrected chi connectivity index (χ2v) is 4.43. The molecule has 1 aromatic carbocycles. The molecule has 0 saturated carbocycles. The molecular formula is C14H18N4O2. The van der Waals surface area contributed by atoms with Crippen LogP contribution in [0.15, 0.2) is 36.9 Å². The van der Waals surface area contributed by atoms with Crippen molar-refractivity contribution in [1.82, 2.24) is 14.8 Å². The molecule has 2 aromatic rings. The van der Waals surface area contributed by atoms with Crippen LogP contribution in [0.4, 0.5) is 5.69 Å². The Bertz CT molecular complexity index is 537. The zero-order valence-electron chi connectivity index (χ0n) is 11.6. The third kappa shape index (κ3) is 3.81. The number of carbonyl (C=O) groups excluding carboxylic acids is 1. The average molecular weight is 274 g/mol. The standard InChI is InChI=1S/C14H18N4O2/c1-3-20-13-6-4-12(5-7-13)17-14(19)8-11(2)18-10-15-9-16-18/h4-7,9-11H,3,8H2,1-2H3,(H,17,19)/t11-/m1/s1. The van der Waals surface area contributed by atoms with E-state index in [0.29, 0.717) is 13.0 Å². The number of amides is 1. The van der Waals surface area contributed by atoms with Gasteiger partial charge in [-0.05, 0) is 38.1 Å². The van der Waals surface area contributed by atoms with Crippen molar-refractivity contribution < 1.29 is 9.53 Å². The average Bonchev–Trinajstić information content (AvgIpc) is 2.95. The van der Waals surface area contributed by atoms with Crippen molar-refractivity contribution in [3.05, 3.63) is 36.9 Å². The lowest BCUT2D eigenvalue weighted by Crippen LogP contribution is -2.17. The van der Waals surface area contributed by atoms with E-state index in [2.05, 4.69) is 15.4 Å². The Labute approximate surface area is 117 Å². The quantitative estimate of drug-likeness (QED) is 0.877. The van der Waals surface area contributed by atoms with Crippen LogP contribution < -0.4 is 10.1 Å². The summed E-state index contributed by atoms with van der Waals surface area (Å²) in [5.74, 6) is 0.735. The molecule has 0 unspecified atom stereocenters. The van der Waals surface area contributed by atoms with Gasteiger partial charge in [-0.15, -0.1) is 0 Å². The second-order valence-electron chi connectivity index (χ2n) is 4.43. The van der Waals surface area contributed by atoms with Gasteiger partial charge in [-0.1, -0.05) is 0 Å². The second kappa shape index (κ2) is 6.70. The van der Waals surface area contributed by atoms with E-state index in [0.717, 1.165) is 11.4 Å². The van der Waals surface area contributed by atoms with Crippen LogP contribution in [0.2, 0.25) is 0 Å². The van der Waals surface area contributed by atoms with E-state index in [1.54, 1.807) is 11.0 Å². The van der Waals surface area contributed by atoms with Crippen molar-refractivity contribution in [2.24, 2.45) is 0 Å². The lowest BCUT2D eigenvalue weighted by molar-refractivity contribution is -0.116. The number of anilines is 1. The molecule has 0 saturated heterocycles. The number of ether oxygens (including phenoxy) is 1. The Morgan fingerprint density at radius 1 is 1.40 bits per heavy atom. The molecule has 0 fully saturated rings. The molecule has 6 nitrogen and oxygen atoms in total. The van der Waals surface area contributed by atoms with Gasteiger partial charge in [0, 0.05) is 12.1 Å². The molecule has 0 aliphatic heterocycles. The number of hydrogen-bond acceptors (Lipinski definition) is 4. The van der Waals surface area contributed by atoms with E-state index in [-0.39, 0.29) is 11.9 Å². The maximum Gasteiger partial charge on any atom is 0.226 e. The Morgan fingerprint density at radius 3 is 2.75 bits per heavy atom. The molecule has 6 heteroatoms. The van der Waals surface area contributed by atoms with Crippen molar-refractivity contribution in [3.63, 3.8) is 0 Å². The number of rotatable bonds is 6. The molecule has 2 rings (SSSR count). The van der Waals surface area contributed by atoms with Crippen molar-refractivity contribution >= 4 is 11.6 Å². The first-order valence-electron chi connectivity index (χ1n) is 6.56. The van der Waals surface area contributed by atoms with Gasteiger partial charge in [0.05, 0.1) is 12.6 Å². The minimum absolute atomic E-state index is 0.0276. The van der Waals surface area contributed by atoms with Gasteiger partial charge in [0.2, 0.25) is 5.91 Å². The van der Waals surface area contributed by atoms with E-state index >= 15 is 0 Å². The van der Waals surface area contributed by atoms with Gasteiger partial charge in [-0.3, -0.25) is 4.79 Å². The minimum atomic E-state index is -0.0582. The number of nitrogens with zero attached hydrogens (tertiary/aromatic N) is 3. The van der Waals surface area contributed by atoms with Gasteiger partial charge < -0.3 is 10.1 Å². The monoisotopic (exact) mass is 274 g/mol. The lowest BCUT2D eigenvalue weighted by Gasteiger charge is -2.12. The Hall–Kier alpha value is -2.37. The Balaban J connectivity index is 1.87.